The number of nitrogens with zero attached hydrogens (tertiary/aromatic N) is 1. The molecule has 0 bridgehead atoms. The SMILES string of the molecule is CN1CCC(c2c[nH]c3cc(Cl)ccc23)CC1.Cl. The van der Waals surface area contributed by atoms with Crippen LogP contribution in [0.4, 0.5) is 0 Å². The van der Waals surface area contributed by atoms with Gasteiger partial charge in [0.15, 0.2) is 0 Å². The average Bonchev–Trinajstić information content (AvgIpc) is 2.73. The lowest BCUT2D eigenvalue weighted by Crippen LogP contribution is -2.29. The van der Waals surface area contributed by atoms with Crippen LogP contribution in [0.1, 0.15) is 24.3 Å². The van der Waals surface area contributed by atoms with Crippen molar-refractivity contribution in [3.63, 3.8) is 0 Å². The Hall–Kier alpha value is -0.700. The molecule has 0 atom stereocenters. The van der Waals surface area contributed by atoms with Gasteiger partial charge in [0.1, 0.15) is 0 Å². The summed E-state index contributed by atoms with van der Waals surface area (Å²) in [5.74, 6) is 0.695. The number of benzene rings is 1. The quantitative estimate of drug-likeness (QED) is 0.837. The molecule has 98 valence electrons. The molecule has 3 rings (SSSR count). The van der Waals surface area contributed by atoms with Gasteiger partial charge in [0.2, 0.25) is 0 Å². The maximum atomic E-state index is 6.01. The minimum absolute atomic E-state index is 0. The highest BCUT2D eigenvalue weighted by Gasteiger charge is 2.20. The van der Waals surface area contributed by atoms with Crippen LogP contribution in [0.3, 0.4) is 0 Å². The fourth-order valence-electron chi connectivity index (χ4n) is 2.78. The molecule has 1 saturated heterocycles. The summed E-state index contributed by atoms with van der Waals surface area (Å²) in [5, 5.41) is 2.14. The molecule has 18 heavy (non-hydrogen) atoms. The molecule has 0 amide bonds. The van der Waals surface area contributed by atoms with Crippen LogP contribution in [-0.2, 0) is 0 Å². The van der Waals surface area contributed by atoms with Crippen molar-refractivity contribution in [1.82, 2.24) is 9.88 Å². The molecule has 4 heteroatoms. The fraction of sp³-hybridized carbons (Fsp3) is 0.429. The number of hydrogen-bond acceptors (Lipinski definition) is 1. The van der Waals surface area contributed by atoms with E-state index in [0.717, 1.165) is 10.5 Å². The van der Waals surface area contributed by atoms with Gasteiger partial charge in [-0.15, -0.1) is 12.4 Å². The van der Waals surface area contributed by atoms with Gasteiger partial charge in [-0.2, -0.15) is 0 Å². The number of aromatic nitrogens is 1. The summed E-state index contributed by atoms with van der Waals surface area (Å²) in [5.41, 5.74) is 2.62. The lowest BCUT2D eigenvalue weighted by atomic mass is 9.89. The summed E-state index contributed by atoms with van der Waals surface area (Å²) < 4.78 is 0. The van der Waals surface area contributed by atoms with E-state index < -0.39 is 0 Å². The largest absolute Gasteiger partial charge is 0.361 e. The molecule has 2 aromatic rings. The van der Waals surface area contributed by atoms with Gasteiger partial charge in [-0.3, -0.25) is 0 Å². The van der Waals surface area contributed by atoms with E-state index in [0.29, 0.717) is 5.92 Å². The molecule has 1 aromatic heterocycles. The minimum Gasteiger partial charge on any atom is -0.361 e. The number of nitrogens with one attached hydrogen (secondary N) is 1. The van der Waals surface area contributed by atoms with Gasteiger partial charge in [0, 0.05) is 22.1 Å². The van der Waals surface area contributed by atoms with E-state index >= 15 is 0 Å². The Labute approximate surface area is 119 Å². The maximum Gasteiger partial charge on any atom is 0.0471 e. The van der Waals surface area contributed by atoms with Crippen LogP contribution in [0.2, 0.25) is 5.02 Å². The minimum atomic E-state index is 0. The van der Waals surface area contributed by atoms with Crippen molar-refractivity contribution >= 4 is 34.9 Å². The topological polar surface area (TPSA) is 19.0 Å². The van der Waals surface area contributed by atoms with E-state index in [1.54, 1.807) is 0 Å². The molecule has 2 nitrogen and oxygen atoms in total. The number of rotatable bonds is 1. The predicted molar refractivity (Wildman–Crippen MR) is 80.0 cm³/mol. The highest BCUT2D eigenvalue weighted by atomic mass is 35.5. The van der Waals surface area contributed by atoms with E-state index in [9.17, 15) is 0 Å². The number of piperidine rings is 1. The van der Waals surface area contributed by atoms with E-state index in [2.05, 4.69) is 29.2 Å². The molecule has 0 radical (unpaired) electrons. The standard InChI is InChI=1S/C14H17ClN2.ClH/c1-17-6-4-10(5-7-17)13-9-16-14-8-11(15)2-3-12(13)14;/h2-3,8-10,16H,4-7H2,1H3;1H. The van der Waals surface area contributed by atoms with E-state index in [1.807, 2.05) is 12.1 Å². The average molecular weight is 285 g/mol. The fourth-order valence-corrected chi connectivity index (χ4v) is 2.95. The van der Waals surface area contributed by atoms with E-state index in [1.165, 1.54) is 36.9 Å². The molecule has 0 unspecified atom stereocenters. The van der Waals surface area contributed by atoms with E-state index in [4.69, 9.17) is 11.6 Å². The number of fused-ring (bicyclic) bond motifs is 1. The highest BCUT2D eigenvalue weighted by molar-refractivity contribution is 6.31. The first-order chi connectivity index (χ1) is 8.24. The Balaban J connectivity index is 0.00000120. The van der Waals surface area contributed by atoms with Crippen molar-refractivity contribution in [3.8, 4) is 0 Å². The Morgan fingerprint density at radius 1 is 1.28 bits per heavy atom. The third-order valence-electron chi connectivity index (χ3n) is 3.83. The second kappa shape index (κ2) is 5.52. The lowest BCUT2D eigenvalue weighted by Gasteiger charge is -2.28. The zero-order valence-corrected chi connectivity index (χ0v) is 12.0. The van der Waals surface area contributed by atoms with Crippen LogP contribution in [-0.4, -0.2) is 30.0 Å². The van der Waals surface area contributed by atoms with Crippen LogP contribution in [0, 0.1) is 0 Å². The molecule has 0 saturated carbocycles. The van der Waals surface area contributed by atoms with Crippen molar-refractivity contribution in [2.75, 3.05) is 20.1 Å². The summed E-state index contributed by atoms with van der Waals surface area (Å²) in [6.45, 7) is 2.40. The predicted octanol–water partition coefficient (Wildman–Crippen LogP) is 4.05. The highest BCUT2D eigenvalue weighted by Crippen LogP contribution is 2.33. The monoisotopic (exact) mass is 284 g/mol. The first-order valence-electron chi connectivity index (χ1n) is 6.19. The summed E-state index contributed by atoms with van der Waals surface area (Å²) in [4.78, 5) is 5.74. The summed E-state index contributed by atoms with van der Waals surface area (Å²) in [7, 11) is 2.20. The third-order valence-corrected chi connectivity index (χ3v) is 4.07. The summed E-state index contributed by atoms with van der Waals surface area (Å²) >= 11 is 6.01. The number of H-pyrrole nitrogens is 1. The first-order valence-corrected chi connectivity index (χ1v) is 6.57. The van der Waals surface area contributed by atoms with Crippen LogP contribution in [0.5, 0.6) is 0 Å². The molecule has 1 fully saturated rings. The molecule has 1 aromatic carbocycles. The normalized spacial score (nSPS) is 17.9. The van der Waals surface area contributed by atoms with Crippen molar-refractivity contribution in [3.05, 3.63) is 35.0 Å². The lowest BCUT2D eigenvalue weighted by molar-refractivity contribution is 0.256. The number of aromatic amines is 1. The number of likely N-dealkylation sites (tertiary alicyclic amines) is 1. The molecule has 0 aliphatic carbocycles. The second-order valence-corrected chi connectivity index (χ2v) is 5.45. The van der Waals surface area contributed by atoms with Crippen molar-refractivity contribution in [1.29, 1.82) is 0 Å². The maximum absolute atomic E-state index is 6.01. The Morgan fingerprint density at radius 2 is 2.00 bits per heavy atom. The molecule has 0 spiro atoms. The van der Waals surface area contributed by atoms with Gasteiger partial charge < -0.3 is 9.88 Å². The molecule has 1 N–H and O–H groups in total. The van der Waals surface area contributed by atoms with Crippen molar-refractivity contribution < 1.29 is 0 Å². The molecular weight excluding hydrogens is 267 g/mol. The van der Waals surface area contributed by atoms with Crippen molar-refractivity contribution in [2.24, 2.45) is 0 Å². The van der Waals surface area contributed by atoms with Gasteiger partial charge in [-0.25, -0.2) is 0 Å². The van der Waals surface area contributed by atoms with Crippen molar-refractivity contribution in [2.45, 2.75) is 18.8 Å². The molecule has 2 heterocycles. The van der Waals surface area contributed by atoms with Crippen LogP contribution in [0.25, 0.3) is 10.9 Å². The van der Waals surface area contributed by atoms with Gasteiger partial charge >= 0.3 is 0 Å². The molecular formula is C14H18Cl2N2. The van der Waals surface area contributed by atoms with E-state index in [-0.39, 0.29) is 12.4 Å². The zero-order chi connectivity index (χ0) is 11.8. The molecule has 1 aliphatic heterocycles. The van der Waals surface area contributed by atoms with Gasteiger partial charge in [-0.1, -0.05) is 17.7 Å². The smallest absolute Gasteiger partial charge is 0.0471 e. The van der Waals surface area contributed by atoms with Gasteiger partial charge in [0.25, 0.3) is 0 Å². The second-order valence-electron chi connectivity index (χ2n) is 5.01. The summed E-state index contributed by atoms with van der Waals surface area (Å²) in [6, 6.07) is 6.13. The Kier molecular flexibility index (Phi) is 4.21. The number of hydrogen-bond donors (Lipinski definition) is 1. The Morgan fingerprint density at radius 3 is 2.72 bits per heavy atom. The molecule has 1 aliphatic rings. The van der Waals surface area contributed by atoms with Gasteiger partial charge in [-0.05, 0) is 56.6 Å². The summed E-state index contributed by atoms with van der Waals surface area (Å²) in [6.07, 6.45) is 4.68. The Bertz CT molecular complexity index is 528. The third kappa shape index (κ3) is 2.51. The first kappa shape index (κ1) is 13.7. The van der Waals surface area contributed by atoms with Crippen LogP contribution in [0.15, 0.2) is 24.4 Å². The van der Waals surface area contributed by atoms with Crippen LogP contribution < -0.4 is 0 Å². The zero-order valence-electron chi connectivity index (χ0n) is 10.4. The number of halogens is 2. The van der Waals surface area contributed by atoms with Gasteiger partial charge in [0.05, 0.1) is 0 Å². The van der Waals surface area contributed by atoms with Crippen LogP contribution >= 0.6 is 24.0 Å².